The Morgan fingerprint density at radius 1 is 0.871 bits per heavy atom. The fourth-order valence-corrected chi connectivity index (χ4v) is 2.80. The van der Waals surface area contributed by atoms with Gasteiger partial charge >= 0.3 is 0 Å². The fourth-order valence-electron chi connectivity index (χ4n) is 2.80. The monoisotopic (exact) mass is 416 g/mol. The van der Waals surface area contributed by atoms with Gasteiger partial charge in [-0.3, -0.25) is 19.7 Å². The van der Waals surface area contributed by atoms with Crippen molar-refractivity contribution in [1.82, 2.24) is 10.7 Å². The average molecular weight is 416 g/mol. The van der Waals surface area contributed by atoms with Gasteiger partial charge in [0.2, 0.25) is 0 Å². The Hall–Kier alpha value is -4.33. The first-order valence-corrected chi connectivity index (χ1v) is 9.49. The lowest BCUT2D eigenvalue weighted by atomic mass is 10.0. The number of non-ortho nitro benzene ring substituents is 1. The van der Waals surface area contributed by atoms with E-state index in [1.165, 1.54) is 25.1 Å². The van der Waals surface area contributed by atoms with Gasteiger partial charge in [-0.25, -0.2) is 5.43 Å². The van der Waals surface area contributed by atoms with E-state index in [1.807, 2.05) is 60.7 Å². The maximum Gasteiger partial charge on any atom is 0.270 e. The molecule has 2 amide bonds. The first-order valence-electron chi connectivity index (χ1n) is 9.49. The quantitative estimate of drug-likeness (QED) is 0.349. The van der Waals surface area contributed by atoms with Gasteiger partial charge in [-0.2, -0.15) is 5.10 Å². The Bertz CT molecular complexity index is 1070. The van der Waals surface area contributed by atoms with Crippen molar-refractivity contribution < 1.29 is 14.5 Å². The number of rotatable bonds is 7. The van der Waals surface area contributed by atoms with Gasteiger partial charge in [0.25, 0.3) is 17.5 Å². The van der Waals surface area contributed by atoms with Gasteiger partial charge in [-0.05, 0) is 13.0 Å². The van der Waals surface area contributed by atoms with E-state index in [0.29, 0.717) is 5.71 Å². The molecule has 31 heavy (non-hydrogen) atoms. The molecule has 3 aromatic carbocycles. The number of hydrazone groups is 1. The first-order chi connectivity index (χ1) is 15.0. The Morgan fingerprint density at radius 2 is 1.42 bits per heavy atom. The Kier molecular flexibility index (Phi) is 6.85. The van der Waals surface area contributed by atoms with Crippen molar-refractivity contribution in [2.24, 2.45) is 5.10 Å². The fraction of sp³-hybridized carbons (Fsp3) is 0.0870. The third kappa shape index (κ3) is 5.60. The number of nitro benzene ring substituents is 1. The first kappa shape index (κ1) is 21.4. The van der Waals surface area contributed by atoms with E-state index >= 15 is 0 Å². The molecule has 0 saturated carbocycles. The number of benzene rings is 3. The average Bonchev–Trinajstić information content (AvgIpc) is 2.80. The molecule has 0 saturated heterocycles. The van der Waals surface area contributed by atoms with E-state index in [4.69, 9.17) is 0 Å². The molecular weight excluding hydrogens is 396 g/mol. The second-order valence-corrected chi connectivity index (χ2v) is 6.67. The zero-order valence-corrected chi connectivity index (χ0v) is 16.7. The molecule has 2 N–H and O–H groups in total. The minimum absolute atomic E-state index is 0.0895. The normalized spacial score (nSPS) is 11.1. The van der Waals surface area contributed by atoms with Crippen LogP contribution >= 0.6 is 0 Å². The SMILES string of the molecule is CC(NC(=O)c1cccc([N+](=O)[O-])c1)C(=O)NN=C(c1ccccc1)c1ccccc1. The summed E-state index contributed by atoms with van der Waals surface area (Å²) in [4.78, 5) is 35.2. The van der Waals surface area contributed by atoms with E-state index in [1.54, 1.807) is 0 Å². The van der Waals surface area contributed by atoms with E-state index < -0.39 is 22.8 Å². The van der Waals surface area contributed by atoms with Crippen LogP contribution < -0.4 is 10.7 Å². The highest BCUT2D eigenvalue weighted by Gasteiger charge is 2.18. The highest BCUT2D eigenvalue weighted by molar-refractivity contribution is 6.13. The molecule has 8 nitrogen and oxygen atoms in total. The van der Waals surface area contributed by atoms with Crippen LogP contribution in [0.25, 0.3) is 0 Å². The summed E-state index contributed by atoms with van der Waals surface area (Å²) >= 11 is 0. The molecule has 1 atom stereocenters. The highest BCUT2D eigenvalue weighted by Crippen LogP contribution is 2.13. The molecule has 0 aromatic heterocycles. The number of carbonyl (C=O) groups excluding carboxylic acids is 2. The smallest absolute Gasteiger partial charge is 0.270 e. The molecule has 3 rings (SSSR count). The molecule has 0 heterocycles. The van der Waals surface area contributed by atoms with Gasteiger partial charge in [0.05, 0.1) is 10.6 Å². The largest absolute Gasteiger partial charge is 0.340 e. The van der Waals surface area contributed by atoms with Gasteiger partial charge in [0.15, 0.2) is 0 Å². The summed E-state index contributed by atoms with van der Waals surface area (Å²) < 4.78 is 0. The number of nitro groups is 1. The maximum absolute atomic E-state index is 12.5. The van der Waals surface area contributed by atoms with Gasteiger partial charge < -0.3 is 5.32 Å². The predicted octanol–water partition coefficient (Wildman–Crippen LogP) is 3.28. The van der Waals surface area contributed by atoms with Crippen LogP contribution in [0.15, 0.2) is 90.0 Å². The van der Waals surface area contributed by atoms with E-state index in [0.717, 1.165) is 17.2 Å². The number of nitrogens with one attached hydrogen (secondary N) is 2. The second kappa shape index (κ2) is 9.93. The number of hydrogen-bond donors (Lipinski definition) is 2. The zero-order chi connectivity index (χ0) is 22.2. The molecule has 0 spiro atoms. The molecule has 0 bridgehead atoms. The number of amides is 2. The Morgan fingerprint density at radius 3 is 1.97 bits per heavy atom. The molecule has 0 aliphatic heterocycles. The molecule has 0 fully saturated rings. The molecule has 3 aromatic rings. The van der Waals surface area contributed by atoms with Crippen molar-refractivity contribution in [2.45, 2.75) is 13.0 Å². The predicted molar refractivity (Wildman–Crippen MR) is 117 cm³/mol. The standard InChI is InChI=1S/C23H20N4O4/c1-16(24-23(29)19-13-8-14-20(15-19)27(30)31)22(28)26-25-21(17-9-4-2-5-10-17)18-11-6-3-7-12-18/h2-16H,1H3,(H,24,29)(H,26,28). The second-order valence-electron chi connectivity index (χ2n) is 6.67. The Balaban J connectivity index is 1.73. The van der Waals surface area contributed by atoms with Gasteiger partial charge in [-0.1, -0.05) is 66.7 Å². The van der Waals surface area contributed by atoms with Gasteiger partial charge in [0, 0.05) is 28.8 Å². The van der Waals surface area contributed by atoms with Gasteiger partial charge in [0.1, 0.15) is 6.04 Å². The van der Waals surface area contributed by atoms with E-state index in [9.17, 15) is 19.7 Å². The van der Waals surface area contributed by atoms with Crippen molar-refractivity contribution in [2.75, 3.05) is 0 Å². The molecule has 0 aliphatic rings. The number of hydrogen-bond acceptors (Lipinski definition) is 5. The van der Waals surface area contributed by atoms with Crippen molar-refractivity contribution in [3.63, 3.8) is 0 Å². The molecule has 0 aliphatic carbocycles. The summed E-state index contributed by atoms with van der Waals surface area (Å²) in [6, 6.07) is 23.2. The summed E-state index contributed by atoms with van der Waals surface area (Å²) in [7, 11) is 0. The lowest BCUT2D eigenvalue weighted by Gasteiger charge is -2.13. The van der Waals surface area contributed by atoms with Crippen LogP contribution in [-0.4, -0.2) is 28.5 Å². The van der Waals surface area contributed by atoms with Crippen LogP contribution in [0.4, 0.5) is 5.69 Å². The maximum atomic E-state index is 12.5. The van der Waals surface area contributed by atoms with Crippen LogP contribution in [0.3, 0.4) is 0 Å². The van der Waals surface area contributed by atoms with E-state index in [2.05, 4.69) is 15.8 Å². The van der Waals surface area contributed by atoms with Crippen LogP contribution in [0, 0.1) is 10.1 Å². The third-order valence-corrected chi connectivity index (χ3v) is 4.43. The summed E-state index contributed by atoms with van der Waals surface area (Å²) in [6.45, 7) is 1.50. The van der Waals surface area contributed by atoms with Crippen molar-refractivity contribution in [3.8, 4) is 0 Å². The van der Waals surface area contributed by atoms with Crippen molar-refractivity contribution in [1.29, 1.82) is 0 Å². The van der Waals surface area contributed by atoms with Crippen LogP contribution in [0.1, 0.15) is 28.4 Å². The van der Waals surface area contributed by atoms with Gasteiger partial charge in [-0.15, -0.1) is 0 Å². The molecule has 0 radical (unpaired) electrons. The number of nitrogens with zero attached hydrogens (tertiary/aromatic N) is 2. The summed E-state index contributed by atoms with van der Waals surface area (Å²) in [5, 5.41) is 17.7. The lowest BCUT2D eigenvalue weighted by Crippen LogP contribution is -2.43. The summed E-state index contributed by atoms with van der Waals surface area (Å²) in [6.07, 6.45) is 0. The lowest BCUT2D eigenvalue weighted by molar-refractivity contribution is -0.384. The van der Waals surface area contributed by atoms with Crippen LogP contribution in [0.2, 0.25) is 0 Å². The van der Waals surface area contributed by atoms with Crippen LogP contribution in [0.5, 0.6) is 0 Å². The summed E-state index contributed by atoms with van der Waals surface area (Å²) in [5.41, 5.74) is 4.60. The number of carbonyl (C=O) groups is 2. The van der Waals surface area contributed by atoms with Crippen molar-refractivity contribution in [3.05, 3.63) is 112 Å². The molecule has 1 unspecified atom stereocenters. The third-order valence-electron chi connectivity index (χ3n) is 4.43. The topological polar surface area (TPSA) is 114 Å². The highest BCUT2D eigenvalue weighted by atomic mass is 16.6. The molecule has 8 heteroatoms. The molecular formula is C23H20N4O4. The van der Waals surface area contributed by atoms with Crippen LogP contribution in [-0.2, 0) is 4.79 Å². The minimum Gasteiger partial charge on any atom is -0.340 e. The van der Waals surface area contributed by atoms with E-state index in [-0.39, 0.29) is 11.3 Å². The Labute approximate surface area is 178 Å². The minimum atomic E-state index is -0.914. The summed E-state index contributed by atoms with van der Waals surface area (Å²) in [5.74, 6) is -1.12. The molecule has 156 valence electrons. The van der Waals surface area contributed by atoms with Crippen molar-refractivity contribution >= 4 is 23.2 Å². The zero-order valence-electron chi connectivity index (χ0n) is 16.7.